The van der Waals surface area contributed by atoms with Crippen molar-refractivity contribution in [1.82, 2.24) is 0 Å². The molecule has 1 unspecified atom stereocenters. The van der Waals surface area contributed by atoms with Crippen molar-refractivity contribution in [2.24, 2.45) is 0 Å². The molecule has 78 valence electrons. The van der Waals surface area contributed by atoms with E-state index in [0.29, 0.717) is 0 Å². The molecule has 1 atom stereocenters. The van der Waals surface area contributed by atoms with E-state index in [4.69, 9.17) is 0 Å². The Kier molecular flexibility index (Phi) is 3.46. The fraction of sp³-hybridized carbons (Fsp3) is 0.167. The summed E-state index contributed by atoms with van der Waals surface area (Å²) in [4.78, 5) is 0. The second kappa shape index (κ2) is 4.84. The maximum atomic E-state index is 10.2. The second-order valence-electron chi connectivity index (χ2n) is 3.18. The summed E-state index contributed by atoms with van der Waals surface area (Å²) in [7, 11) is 0. The highest BCUT2D eigenvalue weighted by molar-refractivity contribution is 8.00. The smallest absolute Gasteiger partial charge is 0.106 e. The standard InChI is InChI=1S/C12H12OS2/c1-14-12-10(7-8-15-12)11(13)9-5-3-2-4-6-9/h2-8,11,13H,1H3. The van der Waals surface area contributed by atoms with Gasteiger partial charge in [0.1, 0.15) is 6.10 Å². The summed E-state index contributed by atoms with van der Waals surface area (Å²) in [5.41, 5.74) is 1.96. The van der Waals surface area contributed by atoms with Gasteiger partial charge in [-0.25, -0.2) is 0 Å². The predicted octanol–water partition coefficient (Wildman–Crippen LogP) is 3.55. The molecule has 2 aromatic rings. The highest BCUT2D eigenvalue weighted by atomic mass is 32.2. The number of hydrogen-bond donors (Lipinski definition) is 1. The van der Waals surface area contributed by atoms with Crippen molar-refractivity contribution >= 4 is 23.1 Å². The van der Waals surface area contributed by atoms with Crippen molar-refractivity contribution in [3.8, 4) is 0 Å². The van der Waals surface area contributed by atoms with Gasteiger partial charge < -0.3 is 5.11 Å². The molecule has 1 heterocycles. The van der Waals surface area contributed by atoms with Crippen LogP contribution < -0.4 is 0 Å². The SMILES string of the molecule is CSc1sccc1C(O)c1ccccc1. The molecule has 0 saturated heterocycles. The van der Waals surface area contributed by atoms with Gasteiger partial charge >= 0.3 is 0 Å². The number of aliphatic hydroxyl groups is 1. The number of thioether (sulfide) groups is 1. The van der Waals surface area contributed by atoms with Gasteiger partial charge in [0.05, 0.1) is 4.21 Å². The Balaban J connectivity index is 2.32. The summed E-state index contributed by atoms with van der Waals surface area (Å²) in [6.45, 7) is 0. The van der Waals surface area contributed by atoms with Gasteiger partial charge in [0.25, 0.3) is 0 Å². The highest BCUT2D eigenvalue weighted by Gasteiger charge is 2.14. The Bertz CT molecular complexity index is 422. The molecule has 1 N–H and O–H groups in total. The van der Waals surface area contributed by atoms with Gasteiger partial charge in [-0.15, -0.1) is 23.1 Å². The Hall–Kier alpha value is -0.770. The highest BCUT2D eigenvalue weighted by Crippen LogP contribution is 2.34. The third-order valence-corrected chi connectivity index (χ3v) is 4.37. The maximum Gasteiger partial charge on any atom is 0.106 e. The molecule has 3 heteroatoms. The molecule has 0 aliphatic carbocycles. The maximum absolute atomic E-state index is 10.2. The van der Waals surface area contributed by atoms with Crippen LogP contribution in [0.1, 0.15) is 17.2 Å². The van der Waals surface area contributed by atoms with Crippen molar-refractivity contribution in [3.05, 3.63) is 52.9 Å². The topological polar surface area (TPSA) is 20.2 Å². The molecule has 0 radical (unpaired) electrons. The third kappa shape index (κ3) is 2.25. The minimum Gasteiger partial charge on any atom is -0.384 e. The van der Waals surface area contributed by atoms with Gasteiger partial charge in [-0.1, -0.05) is 30.3 Å². The van der Waals surface area contributed by atoms with Gasteiger partial charge in [-0.05, 0) is 23.3 Å². The molecule has 0 aliphatic rings. The van der Waals surface area contributed by atoms with Crippen LogP contribution in [0, 0.1) is 0 Å². The molecule has 0 fully saturated rings. The van der Waals surface area contributed by atoms with Gasteiger partial charge in [0.15, 0.2) is 0 Å². The van der Waals surface area contributed by atoms with E-state index in [9.17, 15) is 5.11 Å². The lowest BCUT2D eigenvalue weighted by Crippen LogP contribution is -1.98. The van der Waals surface area contributed by atoms with Gasteiger partial charge in [0, 0.05) is 5.56 Å². The van der Waals surface area contributed by atoms with Crippen molar-refractivity contribution in [3.63, 3.8) is 0 Å². The fourth-order valence-corrected chi connectivity index (χ4v) is 3.11. The average Bonchev–Trinajstić information content (AvgIpc) is 2.77. The van der Waals surface area contributed by atoms with E-state index in [1.165, 1.54) is 4.21 Å². The quantitative estimate of drug-likeness (QED) is 0.822. The lowest BCUT2D eigenvalue weighted by molar-refractivity contribution is 0.218. The summed E-state index contributed by atoms with van der Waals surface area (Å²) in [5.74, 6) is 0. The van der Waals surface area contributed by atoms with E-state index in [-0.39, 0.29) is 0 Å². The van der Waals surface area contributed by atoms with Crippen LogP contribution in [0.2, 0.25) is 0 Å². The van der Waals surface area contributed by atoms with Gasteiger partial charge in [0.2, 0.25) is 0 Å². The number of hydrogen-bond acceptors (Lipinski definition) is 3. The zero-order valence-corrected chi connectivity index (χ0v) is 10.0. The molecular formula is C12H12OS2. The number of aliphatic hydroxyl groups excluding tert-OH is 1. The summed E-state index contributed by atoms with van der Waals surface area (Å²) < 4.78 is 1.19. The summed E-state index contributed by atoms with van der Waals surface area (Å²) in [5, 5.41) is 12.2. The van der Waals surface area contributed by atoms with E-state index >= 15 is 0 Å². The minimum absolute atomic E-state index is 0.500. The molecule has 1 aromatic carbocycles. The molecular weight excluding hydrogens is 224 g/mol. The van der Waals surface area contributed by atoms with Gasteiger partial charge in [-0.3, -0.25) is 0 Å². The van der Waals surface area contributed by atoms with Crippen LogP contribution in [0.3, 0.4) is 0 Å². The van der Waals surface area contributed by atoms with Crippen molar-refractivity contribution in [2.75, 3.05) is 6.26 Å². The lowest BCUT2D eigenvalue weighted by atomic mass is 10.0. The van der Waals surface area contributed by atoms with E-state index in [1.54, 1.807) is 23.1 Å². The second-order valence-corrected chi connectivity index (χ2v) is 5.17. The summed E-state index contributed by atoms with van der Waals surface area (Å²) in [6, 6.07) is 11.7. The summed E-state index contributed by atoms with van der Waals surface area (Å²) >= 11 is 3.36. The molecule has 0 aliphatic heterocycles. The Morgan fingerprint density at radius 1 is 1.20 bits per heavy atom. The molecule has 2 rings (SSSR count). The molecule has 15 heavy (non-hydrogen) atoms. The van der Waals surface area contributed by atoms with Crippen LogP contribution in [-0.4, -0.2) is 11.4 Å². The minimum atomic E-state index is -0.500. The normalized spacial score (nSPS) is 12.7. The number of thiophene rings is 1. The Morgan fingerprint density at radius 2 is 1.93 bits per heavy atom. The first kappa shape index (κ1) is 10.7. The molecule has 0 saturated carbocycles. The van der Waals surface area contributed by atoms with Crippen molar-refractivity contribution in [2.45, 2.75) is 10.3 Å². The summed E-state index contributed by atoms with van der Waals surface area (Å²) in [6.07, 6.45) is 1.53. The first-order valence-electron chi connectivity index (χ1n) is 4.67. The average molecular weight is 236 g/mol. The van der Waals surface area contributed by atoms with Crippen molar-refractivity contribution in [1.29, 1.82) is 0 Å². The van der Waals surface area contributed by atoms with E-state index in [0.717, 1.165) is 11.1 Å². The van der Waals surface area contributed by atoms with E-state index in [2.05, 4.69) is 0 Å². The van der Waals surface area contributed by atoms with Crippen LogP contribution in [0.5, 0.6) is 0 Å². The van der Waals surface area contributed by atoms with Crippen LogP contribution in [0.4, 0.5) is 0 Å². The molecule has 0 bridgehead atoms. The van der Waals surface area contributed by atoms with Crippen LogP contribution in [0.15, 0.2) is 46.0 Å². The molecule has 1 nitrogen and oxygen atoms in total. The predicted molar refractivity (Wildman–Crippen MR) is 66.6 cm³/mol. The third-order valence-electron chi connectivity index (χ3n) is 2.25. The number of rotatable bonds is 3. The zero-order chi connectivity index (χ0) is 10.7. The van der Waals surface area contributed by atoms with Crippen LogP contribution in [-0.2, 0) is 0 Å². The Labute approximate surface area is 97.8 Å². The fourth-order valence-electron chi connectivity index (χ4n) is 1.49. The number of benzene rings is 1. The Morgan fingerprint density at radius 3 is 2.60 bits per heavy atom. The van der Waals surface area contributed by atoms with Gasteiger partial charge in [-0.2, -0.15) is 0 Å². The monoisotopic (exact) mass is 236 g/mol. The molecule has 0 spiro atoms. The first-order chi connectivity index (χ1) is 7.33. The van der Waals surface area contributed by atoms with E-state index in [1.807, 2.05) is 48.0 Å². The molecule has 1 aromatic heterocycles. The largest absolute Gasteiger partial charge is 0.384 e. The van der Waals surface area contributed by atoms with Crippen LogP contribution in [0.25, 0.3) is 0 Å². The molecule has 0 amide bonds. The first-order valence-corrected chi connectivity index (χ1v) is 6.77. The zero-order valence-electron chi connectivity index (χ0n) is 8.38. The lowest BCUT2D eigenvalue weighted by Gasteiger charge is -2.10. The van der Waals surface area contributed by atoms with E-state index < -0.39 is 6.10 Å². The van der Waals surface area contributed by atoms with Crippen molar-refractivity contribution < 1.29 is 5.11 Å². The van der Waals surface area contributed by atoms with Crippen LogP contribution >= 0.6 is 23.1 Å².